The number of nitro benzene ring substituents is 1. The van der Waals surface area contributed by atoms with Crippen LogP contribution in [0.4, 0.5) is 5.69 Å². The second-order valence-corrected chi connectivity index (χ2v) is 8.07. The van der Waals surface area contributed by atoms with E-state index in [9.17, 15) is 14.9 Å². The van der Waals surface area contributed by atoms with Gasteiger partial charge in [-0.25, -0.2) is 5.43 Å². The molecule has 2 rings (SSSR count). The van der Waals surface area contributed by atoms with Crippen molar-refractivity contribution in [1.82, 2.24) is 5.43 Å². The molecule has 1 aliphatic heterocycles. The van der Waals surface area contributed by atoms with E-state index < -0.39 is 4.92 Å². The lowest BCUT2D eigenvalue weighted by Gasteiger charge is -2.19. The maximum atomic E-state index is 11.8. The molecule has 0 spiro atoms. The highest BCUT2D eigenvalue weighted by Crippen LogP contribution is 2.45. The zero-order valence-corrected chi connectivity index (χ0v) is 13.1. The van der Waals surface area contributed by atoms with Gasteiger partial charge in [0.15, 0.2) is 0 Å². The van der Waals surface area contributed by atoms with Gasteiger partial charge < -0.3 is 0 Å². The van der Waals surface area contributed by atoms with E-state index in [1.807, 2.05) is 6.92 Å². The number of nitrogens with one attached hydrogen (secondary N) is 1. The van der Waals surface area contributed by atoms with Gasteiger partial charge in [-0.15, -0.1) is 23.5 Å². The minimum absolute atomic E-state index is 0.0376. The van der Waals surface area contributed by atoms with E-state index in [1.165, 1.54) is 12.3 Å². The normalized spacial score (nSPS) is 17.0. The summed E-state index contributed by atoms with van der Waals surface area (Å²) in [5, 5.41) is 14.7. The molecule has 0 atom stereocenters. The second kappa shape index (κ2) is 6.95. The van der Waals surface area contributed by atoms with Gasteiger partial charge in [-0.2, -0.15) is 5.10 Å². The first-order chi connectivity index (χ1) is 10.0. The number of carbonyl (C=O) groups excluding carboxylic acids is 1. The second-order valence-electron chi connectivity index (χ2n) is 4.62. The first-order valence-corrected chi connectivity index (χ1v) is 8.30. The molecular weight excluding hydrogens is 310 g/mol. The Bertz CT molecular complexity index is 572. The third kappa shape index (κ3) is 4.47. The summed E-state index contributed by atoms with van der Waals surface area (Å²) < 4.78 is -0.0989. The Morgan fingerprint density at radius 2 is 2.14 bits per heavy atom. The highest BCUT2D eigenvalue weighted by Gasteiger charge is 2.32. The van der Waals surface area contributed by atoms with Crippen LogP contribution in [0.15, 0.2) is 29.4 Å². The number of benzene rings is 1. The Morgan fingerprint density at radius 1 is 1.48 bits per heavy atom. The lowest BCUT2D eigenvalue weighted by molar-refractivity contribution is -0.385. The van der Waals surface area contributed by atoms with Gasteiger partial charge in [0.2, 0.25) is 5.91 Å². The average molecular weight is 325 g/mol. The fourth-order valence-corrected chi connectivity index (χ4v) is 4.76. The van der Waals surface area contributed by atoms with E-state index in [0.717, 1.165) is 11.5 Å². The molecular formula is C13H15N3O3S2. The number of amides is 1. The standard InChI is InChI=1S/C13H15N3O3S2/c1-13(20-6-7-21-13)8-12(17)15-14-9-10-4-2-3-5-11(10)16(18)19/h2-5,9H,6-8H2,1H3,(H,15,17)/b14-9+. The Morgan fingerprint density at radius 3 is 2.81 bits per heavy atom. The monoisotopic (exact) mass is 325 g/mol. The van der Waals surface area contributed by atoms with Crippen LogP contribution in [-0.4, -0.2) is 32.6 Å². The van der Waals surface area contributed by atoms with E-state index in [4.69, 9.17) is 0 Å². The van der Waals surface area contributed by atoms with Crippen molar-refractivity contribution in [3.05, 3.63) is 39.9 Å². The Hall–Kier alpha value is -1.54. The van der Waals surface area contributed by atoms with Gasteiger partial charge in [-0.3, -0.25) is 14.9 Å². The molecule has 0 unspecified atom stereocenters. The van der Waals surface area contributed by atoms with Crippen molar-refractivity contribution in [3.8, 4) is 0 Å². The van der Waals surface area contributed by atoms with Crippen molar-refractivity contribution in [2.24, 2.45) is 5.10 Å². The van der Waals surface area contributed by atoms with E-state index in [2.05, 4.69) is 10.5 Å². The topological polar surface area (TPSA) is 84.6 Å². The van der Waals surface area contributed by atoms with Gasteiger partial charge in [0.05, 0.1) is 27.2 Å². The molecule has 6 nitrogen and oxygen atoms in total. The van der Waals surface area contributed by atoms with E-state index >= 15 is 0 Å². The Kier molecular flexibility index (Phi) is 5.24. The van der Waals surface area contributed by atoms with Crippen molar-refractivity contribution in [2.45, 2.75) is 17.4 Å². The van der Waals surface area contributed by atoms with Gasteiger partial charge in [0.25, 0.3) is 5.69 Å². The molecule has 1 N–H and O–H groups in total. The highest BCUT2D eigenvalue weighted by atomic mass is 32.2. The number of hydrazone groups is 1. The van der Waals surface area contributed by atoms with Crippen molar-refractivity contribution in [3.63, 3.8) is 0 Å². The average Bonchev–Trinajstić information content (AvgIpc) is 2.85. The minimum Gasteiger partial charge on any atom is -0.273 e. The molecule has 0 aromatic heterocycles. The number of hydrogen-bond donors (Lipinski definition) is 1. The largest absolute Gasteiger partial charge is 0.278 e. The minimum atomic E-state index is -0.476. The number of hydrogen-bond acceptors (Lipinski definition) is 6. The summed E-state index contributed by atoms with van der Waals surface area (Å²) in [6.07, 6.45) is 1.67. The van der Waals surface area contributed by atoms with Crippen LogP contribution in [0.2, 0.25) is 0 Å². The molecule has 1 aliphatic rings. The lowest BCUT2D eigenvalue weighted by Crippen LogP contribution is -2.26. The smallest absolute Gasteiger partial charge is 0.273 e. The quantitative estimate of drug-likeness (QED) is 0.511. The Balaban J connectivity index is 1.93. The van der Waals surface area contributed by atoms with E-state index in [-0.39, 0.29) is 15.7 Å². The third-order valence-electron chi connectivity index (χ3n) is 2.91. The summed E-state index contributed by atoms with van der Waals surface area (Å²) in [6.45, 7) is 2.04. The number of thioether (sulfide) groups is 2. The third-order valence-corrected chi connectivity index (χ3v) is 6.20. The molecule has 112 valence electrons. The van der Waals surface area contributed by atoms with E-state index in [1.54, 1.807) is 41.7 Å². The van der Waals surface area contributed by atoms with Crippen molar-refractivity contribution in [1.29, 1.82) is 0 Å². The fourth-order valence-electron chi connectivity index (χ4n) is 1.93. The van der Waals surface area contributed by atoms with Crippen LogP contribution in [0.3, 0.4) is 0 Å². The summed E-state index contributed by atoms with van der Waals surface area (Å²) >= 11 is 3.54. The molecule has 0 radical (unpaired) electrons. The highest BCUT2D eigenvalue weighted by molar-refractivity contribution is 8.21. The van der Waals surface area contributed by atoms with Crippen LogP contribution in [0.25, 0.3) is 0 Å². The first kappa shape index (κ1) is 15.8. The van der Waals surface area contributed by atoms with Gasteiger partial charge in [0, 0.05) is 17.6 Å². The predicted octanol–water partition coefficient (Wildman–Crippen LogP) is 2.63. The zero-order valence-electron chi connectivity index (χ0n) is 11.4. The zero-order chi connectivity index (χ0) is 15.3. The first-order valence-electron chi connectivity index (χ1n) is 6.33. The van der Waals surface area contributed by atoms with Crippen LogP contribution in [0, 0.1) is 10.1 Å². The summed E-state index contributed by atoms with van der Waals surface area (Å²) in [4.78, 5) is 22.2. The number of nitro groups is 1. The van der Waals surface area contributed by atoms with Crippen molar-refractivity contribution < 1.29 is 9.72 Å². The number of nitrogens with zero attached hydrogens (tertiary/aromatic N) is 2. The summed E-state index contributed by atoms with van der Waals surface area (Å²) in [6, 6.07) is 6.25. The molecule has 1 heterocycles. The van der Waals surface area contributed by atoms with Crippen LogP contribution >= 0.6 is 23.5 Å². The summed E-state index contributed by atoms with van der Waals surface area (Å²) in [5.41, 5.74) is 2.75. The van der Waals surface area contributed by atoms with Crippen LogP contribution in [-0.2, 0) is 4.79 Å². The van der Waals surface area contributed by atoms with Crippen LogP contribution in [0.1, 0.15) is 18.9 Å². The predicted molar refractivity (Wildman–Crippen MR) is 86.8 cm³/mol. The maximum Gasteiger partial charge on any atom is 0.278 e. The lowest BCUT2D eigenvalue weighted by atomic mass is 10.2. The number of rotatable bonds is 5. The Labute approximate surface area is 130 Å². The maximum absolute atomic E-state index is 11.8. The number of para-hydroxylation sites is 1. The van der Waals surface area contributed by atoms with Gasteiger partial charge >= 0.3 is 0 Å². The molecule has 0 bridgehead atoms. The molecule has 1 aromatic rings. The summed E-state index contributed by atoms with van der Waals surface area (Å²) in [5.74, 6) is 1.91. The van der Waals surface area contributed by atoms with Crippen molar-refractivity contribution >= 4 is 41.3 Å². The molecule has 0 saturated carbocycles. The van der Waals surface area contributed by atoms with Gasteiger partial charge in [0.1, 0.15) is 0 Å². The van der Waals surface area contributed by atoms with Gasteiger partial charge in [-0.1, -0.05) is 12.1 Å². The molecule has 8 heteroatoms. The molecule has 0 aliphatic carbocycles. The van der Waals surface area contributed by atoms with Crippen LogP contribution in [0.5, 0.6) is 0 Å². The molecule has 1 aromatic carbocycles. The van der Waals surface area contributed by atoms with Gasteiger partial charge in [-0.05, 0) is 13.0 Å². The molecule has 1 saturated heterocycles. The van der Waals surface area contributed by atoms with Crippen molar-refractivity contribution in [2.75, 3.05) is 11.5 Å². The SMILES string of the molecule is CC1(CC(=O)N/N=C/c2ccccc2[N+](=O)[O-])SCCS1. The molecule has 21 heavy (non-hydrogen) atoms. The fraction of sp³-hybridized carbons (Fsp3) is 0.385. The van der Waals surface area contributed by atoms with E-state index in [0.29, 0.717) is 12.0 Å². The molecule has 1 amide bonds. The molecule has 1 fully saturated rings. The summed E-state index contributed by atoms with van der Waals surface area (Å²) in [7, 11) is 0. The van der Waals surface area contributed by atoms with Crippen LogP contribution < -0.4 is 5.43 Å². The number of carbonyl (C=O) groups is 1.